The van der Waals surface area contributed by atoms with E-state index >= 15 is 0 Å². The maximum atomic E-state index is 11.9. The molecule has 1 aromatic carbocycles. The van der Waals surface area contributed by atoms with Gasteiger partial charge in [-0.1, -0.05) is 11.6 Å². The Labute approximate surface area is 146 Å². The monoisotopic (exact) mass is 354 g/mol. The number of fused-ring (bicyclic) bond motifs is 1. The molecule has 2 unspecified atom stereocenters. The smallest absolute Gasteiger partial charge is 0.220 e. The summed E-state index contributed by atoms with van der Waals surface area (Å²) in [7, 11) is 0. The number of hydrogen-bond donors (Lipinski definition) is 3. The zero-order valence-electron chi connectivity index (χ0n) is 13.5. The van der Waals surface area contributed by atoms with Crippen LogP contribution in [-0.2, 0) is 4.79 Å². The van der Waals surface area contributed by atoms with Gasteiger partial charge in [0.05, 0.1) is 11.1 Å². The lowest BCUT2D eigenvalue weighted by Crippen LogP contribution is -2.28. The zero-order chi connectivity index (χ0) is 16.9. The minimum atomic E-state index is -0.838. The van der Waals surface area contributed by atoms with Crippen LogP contribution < -0.4 is 20.1 Å². The highest BCUT2D eigenvalue weighted by Crippen LogP contribution is 2.39. The summed E-state index contributed by atoms with van der Waals surface area (Å²) in [5.41, 5.74) is 0.601. The molecule has 0 radical (unpaired) electrons. The highest BCUT2D eigenvalue weighted by atomic mass is 35.5. The molecule has 132 valence electrons. The maximum absolute atomic E-state index is 11.9. The SMILES string of the molecule is O=C(CCC1CCNC1)NCC(O)c1cc(Cl)c2c(c1)OCCO2. The van der Waals surface area contributed by atoms with Crippen molar-refractivity contribution >= 4 is 17.5 Å². The standard InChI is InChI=1S/C17H23ClN2O4/c18-13-7-12(8-15-17(13)24-6-5-23-15)14(21)10-20-16(22)2-1-11-3-4-19-9-11/h7-8,11,14,19,21H,1-6,9-10H2,(H,20,22). The average molecular weight is 355 g/mol. The summed E-state index contributed by atoms with van der Waals surface area (Å²) in [6.07, 6.45) is 1.66. The summed E-state index contributed by atoms with van der Waals surface area (Å²) < 4.78 is 11.0. The van der Waals surface area contributed by atoms with Gasteiger partial charge in [0.1, 0.15) is 13.2 Å². The third-order valence-corrected chi connectivity index (χ3v) is 4.72. The van der Waals surface area contributed by atoms with E-state index in [2.05, 4.69) is 10.6 Å². The Morgan fingerprint density at radius 1 is 1.42 bits per heavy atom. The molecule has 0 aromatic heterocycles. The number of benzene rings is 1. The van der Waals surface area contributed by atoms with Crippen molar-refractivity contribution in [1.29, 1.82) is 0 Å². The molecule has 1 amide bonds. The van der Waals surface area contributed by atoms with E-state index in [9.17, 15) is 9.90 Å². The van der Waals surface area contributed by atoms with E-state index in [1.165, 1.54) is 0 Å². The summed E-state index contributed by atoms with van der Waals surface area (Å²) in [5.74, 6) is 1.58. The highest BCUT2D eigenvalue weighted by Gasteiger charge is 2.20. The summed E-state index contributed by atoms with van der Waals surface area (Å²) in [6, 6.07) is 3.36. The molecule has 2 aliphatic heterocycles. The third kappa shape index (κ3) is 4.32. The molecule has 0 bridgehead atoms. The van der Waals surface area contributed by atoms with Gasteiger partial charge in [-0.05, 0) is 49.5 Å². The number of hydrogen-bond acceptors (Lipinski definition) is 5. The Kier molecular flexibility index (Phi) is 5.81. The molecule has 2 aliphatic rings. The zero-order valence-corrected chi connectivity index (χ0v) is 14.3. The molecule has 1 saturated heterocycles. The number of aliphatic hydroxyl groups excluding tert-OH is 1. The summed E-state index contributed by atoms with van der Waals surface area (Å²) in [6.45, 7) is 3.09. The Morgan fingerprint density at radius 3 is 3.04 bits per heavy atom. The van der Waals surface area contributed by atoms with Gasteiger partial charge in [-0.3, -0.25) is 4.79 Å². The number of rotatable bonds is 6. The molecular formula is C17H23ClN2O4. The molecule has 0 aliphatic carbocycles. The third-order valence-electron chi connectivity index (χ3n) is 4.44. The van der Waals surface area contributed by atoms with Crippen LogP contribution in [0.15, 0.2) is 12.1 Å². The van der Waals surface area contributed by atoms with E-state index in [4.69, 9.17) is 21.1 Å². The molecule has 2 heterocycles. The highest BCUT2D eigenvalue weighted by molar-refractivity contribution is 6.32. The van der Waals surface area contributed by atoms with E-state index in [0.29, 0.717) is 47.6 Å². The van der Waals surface area contributed by atoms with E-state index in [1.807, 2.05) is 0 Å². The molecule has 0 spiro atoms. The van der Waals surface area contributed by atoms with Crippen LogP contribution in [0.25, 0.3) is 0 Å². The molecule has 2 atom stereocenters. The van der Waals surface area contributed by atoms with Crippen molar-refractivity contribution in [2.75, 3.05) is 32.8 Å². The van der Waals surface area contributed by atoms with Crippen LogP contribution in [0.5, 0.6) is 11.5 Å². The largest absolute Gasteiger partial charge is 0.486 e. The first-order valence-electron chi connectivity index (χ1n) is 8.38. The fourth-order valence-electron chi connectivity index (χ4n) is 3.04. The van der Waals surface area contributed by atoms with Crippen LogP contribution in [0.1, 0.15) is 30.9 Å². The Hall–Kier alpha value is -1.50. The van der Waals surface area contributed by atoms with Crippen LogP contribution in [0.3, 0.4) is 0 Å². The minimum Gasteiger partial charge on any atom is -0.486 e. The molecule has 3 rings (SSSR count). The number of ether oxygens (including phenoxy) is 2. The Bertz CT molecular complexity index is 590. The van der Waals surface area contributed by atoms with Crippen LogP contribution in [0.4, 0.5) is 0 Å². The lowest BCUT2D eigenvalue weighted by Gasteiger charge is -2.21. The lowest BCUT2D eigenvalue weighted by atomic mass is 10.0. The van der Waals surface area contributed by atoms with Gasteiger partial charge < -0.3 is 25.2 Å². The van der Waals surface area contributed by atoms with Crippen molar-refractivity contribution < 1.29 is 19.4 Å². The normalized spacial score (nSPS) is 20.7. The first-order valence-corrected chi connectivity index (χ1v) is 8.76. The van der Waals surface area contributed by atoms with Crippen LogP contribution in [0.2, 0.25) is 5.02 Å². The summed E-state index contributed by atoms with van der Waals surface area (Å²) in [5, 5.41) is 16.8. The van der Waals surface area contributed by atoms with Gasteiger partial charge in [0.2, 0.25) is 5.91 Å². The second kappa shape index (κ2) is 8.05. The minimum absolute atomic E-state index is 0.0374. The lowest BCUT2D eigenvalue weighted by molar-refractivity contribution is -0.121. The maximum Gasteiger partial charge on any atom is 0.220 e. The molecular weight excluding hydrogens is 332 g/mol. The van der Waals surface area contributed by atoms with Crippen molar-refractivity contribution in [3.05, 3.63) is 22.7 Å². The van der Waals surface area contributed by atoms with Gasteiger partial charge in [0, 0.05) is 13.0 Å². The van der Waals surface area contributed by atoms with E-state index < -0.39 is 6.10 Å². The molecule has 6 nitrogen and oxygen atoms in total. The molecule has 7 heteroatoms. The van der Waals surface area contributed by atoms with E-state index in [0.717, 1.165) is 25.9 Å². The number of halogens is 1. The summed E-state index contributed by atoms with van der Waals surface area (Å²) in [4.78, 5) is 11.9. The van der Waals surface area contributed by atoms with Crippen molar-refractivity contribution in [2.24, 2.45) is 5.92 Å². The molecule has 3 N–H and O–H groups in total. The number of carbonyl (C=O) groups is 1. The van der Waals surface area contributed by atoms with E-state index in [1.54, 1.807) is 12.1 Å². The van der Waals surface area contributed by atoms with Crippen molar-refractivity contribution in [3.63, 3.8) is 0 Å². The number of nitrogens with one attached hydrogen (secondary N) is 2. The average Bonchev–Trinajstić information content (AvgIpc) is 3.11. The quantitative estimate of drug-likeness (QED) is 0.724. The van der Waals surface area contributed by atoms with Crippen LogP contribution in [-0.4, -0.2) is 43.9 Å². The second-order valence-electron chi connectivity index (χ2n) is 6.24. The number of aliphatic hydroxyl groups is 1. The first-order chi connectivity index (χ1) is 11.6. The fraction of sp³-hybridized carbons (Fsp3) is 0.588. The van der Waals surface area contributed by atoms with Crippen LogP contribution in [0, 0.1) is 5.92 Å². The molecule has 0 saturated carbocycles. The second-order valence-corrected chi connectivity index (χ2v) is 6.65. The first kappa shape index (κ1) is 17.3. The molecule has 1 aromatic rings. The number of carbonyl (C=O) groups excluding carboxylic acids is 1. The van der Waals surface area contributed by atoms with Gasteiger partial charge in [0.15, 0.2) is 11.5 Å². The summed E-state index contributed by atoms with van der Waals surface area (Å²) >= 11 is 6.17. The van der Waals surface area contributed by atoms with Gasteiger partial charge in [-0.2, -0.15) is 0 Å². The van der Waals surface area contributed by atoms with Gasteiger partial charge >= 0.3 is 0 Å². The predicted molar refractivity (Wildman–Crippen MR) is 90.6 cm³/mol. The fourth-order valence-corrected chi connectivity index (χ4v) is 3.31. The van der Waals surface area contributed by atoms with Crippen molar-refractivity contribution in [3.8, 4) is 11.5 Å². The van der Waals surface area contributed by atoms with Crippen molar-refractivity contribution in [2.45, 2.75) is 25.4 Å². The van der Waals surface area contributed by atoms with Gasteiger partial charge in [-0.25, -0.2) is 0 Å². The number of amides is 1. The van der Waals surface area contributed by atoms with Gasteiger partial charge in [0.25, 0.3) is 0 Å². The molecule has 24 heavy (non-hydrogen) atoms. The van der Waals surface area contributed by atoms with E-state index in [-0.39, 0.29) is 12.5 Å². The molecule has 1 fully saturated rings. The topological polar surface area (TPSA) is 79.8 Å². The van der Waals surface area contributed by atoms with Crippen molar-refractivity contribution in [1.82, 2.24) is 10.6 Å². The Balaban J connectivity index is 1.50. The van der Waals surface area contributed by atoms with Gasteiger partial charge in [-0.15, -0.1) is 0 Å². The van der Waals surface area contributed by atoms with Crippen LogP contribution >= 0.6 is 11.6 Å². The predicted octanol–water partition coefficient (Wildman–Crippen LogP) is 1.65. The Morgan fingerprint density at radius 2 is 2.25 bits per heavy atom.